The first kappa shape index (κ1) is 19.6. The summed E-state index contributed by atoms with van der Waals surface area (Å²) in [6.07, 6.45) is 18.9. The zero-order valence-corrected chi connectivity index (χ0v) is 17.3. The van der Waals surface area contributed by atoms with Gasteiger partial charge >= 0.3 is 0 Å². The van der Waals surface area contributed by atoms with Crippen molar-refractivity contribution in [1.29, 1.82) is 0 Å². The summed E-state index contributed by atoms with van der Waals surface area (Å²) in [6, 6.07) is 1.17. The molecule has 0 aromatic carbocycles. The van der Waals surface area contributed by atoms with Gasteiger partial charge in [-0.15, -0.1) is 0 Å². The third kappa shape index (κ3) is 4.33. The van der Waals surface area contributed by atoms with Crippen molar-refractivity contribution in [2.24, 2.45) is 5.73 Å². The number of rotatable bonds is 7. The molecule has 1 saturated carbocycles. The fourth-order valence-corrected chi connectivity index (χ4v) is 5.19. The molecule has 2 aromatic heterocycles. The van der Waals surface area contributed by atoms with Crippen LogP contribution in [0.5, 0.6) is 0 Å². The molecule has 4 rings (SSSR count). The zero-order chi connectivity index (χ0) is 19.3. The Labute approximate surface area is 168 Å². The van der Waals surface area contributed by atoms with E-state index < -0.39 is 0 Å². The van der Waals surface area contributed by atoms with Crippen molar-refractivity contribution in [3.05, 3.63) is 36.4 Å². The number of hydrogen-bond donors (Lipinski definition) is 2. The SMILES string of the molecule is CCCn1c(C2CCC(n3ccnc3)CC2)cnc1[C@@H](N)CC1CCCCN1. The minimum absolute atomic E-state index is 0.0261. The van der Waals surface area contributed by atoms with Crippen LogP contribution in [-0.2, 0) is 6.54 Å². The smallest absolute Gasteiger partial charge is 0.125 e. The van der Waals surface area contributed by atoms with Gasteiger partial charge in [-0.1, -0.05) is 13.3 Å². The van der Waals surface area contributed by atoms with Gasteiger partial charge in [-0.3, -0.25) is 0 Å². The molecule has 1 unspecified atom stereocenters. The van der Waals surface area contributed by atoms with Crippen LogP contribution in [-0.4, -0.2) is 31.7 Å². The van der Waals surface area contributed by atoms with E-state index in [-0.39, 0.29) is 6.04 Å². The van der Waals surface area contributed by atoms with Gasteiger partial charge in [0.05, 0.1) is 12.4 Å². The van der Waals surface area contributed by atoms with E-state index in [9.17, 15) is 0 Å². The number of nitrogens with one attached hydrogen (secondary N) is 1. The Balaban J connectivity index is 1.44. The van der Waals surface area contributed by atoms with Crippen LogP contribution < -0.4 is 11.1 Å². The number of nitrogens with two attached hydrogens (primary N) is 1. The summed E-state index contributed by atoms with van der Waals surface area (Å²) in [7, 11) is 0. The zero-order valence-electron chi connectivity index (χ0n) is 17.3. The molecule has 3 heterocycles. The van der Waals surface area contributed by atoms with Crippen LogP contribution in [0, 0.1) is 0 Å². The molecule has 0 amide bonds. The molecule has 0 radical (unpaired) electrons. The van der Waals surface area contributed by atoms with E-state index in [2.05, 4.69) is 38.8 Å². The molecule has 2 aliphatic rings. The second-order valence-electron chi connectivity index (χ2n) is 8.70. The number of piperidine rings is 1. The van der Waals surface area contributed by atoms with Crippen LogP contribution in [0.15, 0.2) is 24.9 Å². The molecule has 0 bridgehead atoms. The Morgan fingerprint density at radius 2 is 2.07 bits per heavy atom. The Hall–Kier alpha value is -1.66. The van der Waals surface area contributed by atoms with Gasteiger partial charge in [-0.25, -0.2) is 9.97 Å². The summed E-state index contributed by atoms with van der Waals surface area (Å²) >= 11 is 0. The molecule has 3 N–H and O–H groups in total. The fraction of sp³-hybridized carbons (Fsp3) is 0.727. The summed E-state index contributed by atoms with van der Waals surface area (Å²) in [5.74, 6) is 1.70. The van der Waals surface area contributed by atoms with Crippen molar-refractivity contribution in [1.82, 2.24) is 24.4 Å². The third-order valence-corrected chi connectivity index (χ3v) is 6.71. The Kier molecular flexibility index (Phi) is 6.47. The molecule has 6 nitrogen and oxygen atoms in total. The molecular weight excluding hydrogens is 348 g/mol. The lowest BCUT2D eigenvalue weighted by atomic mass is 9.84. The van der Waals surface area contributed by atoms with E-state index in [1.807, 2.05) is 12.5 Å². The number of imidazole rings is 2. The van der Waals surface area contributed by atoms with Gasteiger partial charge in [-0.2, -0.15) is 0 Å². The monoisotopic (exact) mass is 384 g/mol. The highest BCUT2D eigenvalue weighted by atomic mass is 15.1. The number of hydrogen-bond acceptors (Lipinski definition) is 4. The predicted octanol–water partition coefficient (Wildman–Crippen LogP) is 3.92. The Bertz CT molecular complexity index is 707. The van der Waals surface area contributed by atoms with E-state index in [4.69, 9.17) is 10.7 Å². The molecular formula is C22H36N6. The van der Waals surface area contributed by atoms with Gasteiger partial charge in [0.2, 0.25) is 0 Å². The van der Waals surface area contributed by atoms with Crippen LogP contribution in [0.1, 0.15) is 94.2 Å². The Morgan fingerprint density at radius 3 is 2.75 bits per heavy atom. The third-order valence-electron chi connectivity index (χ3n) is 6.71. The highest BCUT2D eigenvalue weighted by molar-refractivity contribution is 5.15. The molecule has 1 aliphatic heterocycles. The van der Waals surface area contributed by atoms with Crippen LogP contribution in [0.3, 0.4) is 0 Å². The molecule has 6 heteroatoms. The lowest BCUT2D eigenvalue weighted by molar-refractivity contribution is 0.313. The standard InChI is InChI=1S/C22H36N6/c1-2-12-28-21(17-6-8-19(9-7-17)27-13-11-24-16-27)15-26-22(28)20(23)14-18-5-3-4-10-25-18/h11,13,15-20,25H,2-10,12,14,23H2,1H3/t17?,18?,19?,20-/m0/s1. The molecule has 2 fully saturated rings. The maximum atomic E-state index is 6.65. The number of nitrogens with zero attached hydrogens (tertiary/aromatic N) is 4. The van der Waals surface area contributed by atoms with Crippen molar-refractivity contribution < 1.29 is 0 Å². The average molecular weight is 385 g/mol. The maximum absolute atomic E-state index is 6.65. The summed E-state index contributed by atoms with van der Waals surface area (Å²) in [6.45, 7) is 4.40. The average Bonchev–Trinajstić information content (AvgIpc) is 3.40. The molecule has 2 atom stereocenters. The van der Waals surface area contributed by atoms with E-state index in [1.54, 1.807) is 0 Å². The molecule has 28 heavy (non-hydrogen) atoms. The summed E-state index contributed by atoms with van der Waals surface area (Å²) in [5, 5.41) is 3.64. The Morgan fingerprint density at radius 1 is 1.21 bits per heavy atom. The van der Waals surface area contributed by atoms with Crippen molar-refractivity contribution in [2.45, 2.75) is 95.3 Å². The second kappa shape index (κ2) is 9.23. The molecule has 1 aliphatic carbocycles. The summed E-state index contributed by atoms with van der Waals surface area (Å²) in [4.78, 5) is 9.05. The predicted molar refractivity (Wildman–Crippen MR) is 112 cm³/mol. The minimum Gasteiger partial charge on any atom is -0.334 e. The molecule has 0 spiro atoms. The van der Waals surface area contributed by atoms with Gasteiger partial charge in [0, 0.05) is 48.8 Å². The maximum Gasteiger partial charge on any atom is 0.125 e. The van der Waals surface area contributed by atoms with Crippen LogP contribution in [0.25, 0.3) is 0 Å². The first-order valence-corrected chi connectivity index (χ1v) is 11.3. The first-order chi connectivity index (χ1) is 13.8. The van der Waals surface area contributed by atoms with Gasteiger partial charge in [0.25, 0.3) is 0 Å². The van der Waals surface area contributed by atoms with Crippen molar-refractivity contribution >= 4 is 0 Å². The van der Waals surface area contributed by atoms with Crippen molar-refractivity contribution in [2.75, 3.05) is 6.54 Å². The molecule has 2 aromatic rings. The highest BCUT2D eigenvalue weighted by Crippen LogP contribution is 2.38. The number of aromatic nitrogens is 4. The van der Waals surface area contributed by atoms with Crippen LogP contribution in [0.4, 0.5) is 0 Å². The first-order valence-electron chi connectivity index (χ1n) is 11.3. The minimum atomic E-state index is 0.0261. The van der Waals surface area contributed by atoms with E-state index >= 15 is 0 Å². The molecule has 154 valence electrons. The van der Waals surface area contributed by atoms with Crippen molar-refractivity contribution in [3.8, 4) is 0 Å². The van der Waals surface area contributed by atoms with Gasteiger partial charge in [-0.05, 0) is 57.9 Å². The van der Waals surface area contributed by atoms with Crippen LogP contribution in [0.2, 0.25) is 0 Å². The quantitative estimate of drug-likeness (QED) is 0.759. The van der Waals surface area contributed by atoms with E-state index in [0.717, 1.165) is 31.8 Å². The highest BCUT2D eigenvalue weighted by Gasteiger charge is 2.28. The van der Waals surface area contributed by atoms with Crippen molar-refractivity contribution in [3.63, 3.8) is 0 Å². The van der Waals surface area contributed by atoms with E-state index in [1.165, 1.54) is 50.6 Å². The largest absolute Gasteiger partial charge is 0.334 e. The summed E-state index contributed by atoms with van der Waals surface area (Å²) in [5.41, 5.74) is 8.06. The van der Waals surface area contributed by atoms with Gasteiger partial charge in [0.15, 0.2) is 0 Å². The van der Waals surface area contributed by atoms with E-state index in [0.29, 0.717) is 18.0 Å². The van der Waals surface area contributed by atoms with Gasteiger partial charge in [0.1, 0.15) is 5.82 Å². The molecule has 1 saturated heterocycles. The second-order valence-corrected chi connectivity index (χ2v) is 8.70. The lowest BCUT2D eigenvalue weighted by Crippen LogP contribution is -2.37. The topological polar surface area (TPSA) is 73.7 Å². The fourth-order valence-electron chi connectivity index (χ4n) is 5.19. The van der Waals surface area contributed by atoms with Crippen LogP contribution >= 0.6 is 0 Å². The normalized spacial score (nSPS) is 27.0. The lowest BCUT2D eigenvalue weighted by Gasteiger charge is -2.30. The summed E-state index contributed by atoms with van der Waals surface area (Å²) < 4.78 is 4.73. The van der Waals surface area contributed by atoms with Gasteiger partial charge < -0.3 is 20.2 Å².